The van der Waals surface area contributed by atoms with Crippen molar-refractivity contribution in [3.8, 4) is 6.07 Å². The molecule has 3 heteroatoms. The molecule has 0 atom stereocenters. The summed E-state index contributed by atoms with van der Waals surface area (Å²) in [6.07, 6.45) is 0. The third-order valence-corrected chi connectivity index (χ3v) is 2.12. The van der Waals surface area contributed by atoms with Crippen molar-refractivity contribution < 1.29 is 4.39 Å². The summed E-state index contributed by atoms with van der Waals surface area (Å²) >= 11 is 0. The van der Waals surface area contributed by atoms with Gasteiger partial charge in [-0.1, -0.05) is 12.1 Å². The Kier molecular flexibility index (Phi) is 1.56. The van der Waals surface area contributed by atoms with Crippen molar-refractivity contribution in [1.82, 2.24) is 4.57 Å². The van der Waals surface area contributed by atoms with E-state index in [1.807, 2.05) is 6.07 Å². The highest BCUT2D eigenvalue weighted by atomic mass is 19.1. The Balaban J connectivity index is 2.95. The molecule has 64 valence electrons. The lowest BCUT2D eigenvalue weighted by Crippen LogP contribution is -1.92. The second-order valence-electron chi connectivity index (χ2n) is 2.88. The lowest BCUT2D eigenvalue weighted by Gasteiger charge is -1.97. The highest BCUT2D eigenvalue weighted by Crippen LogP contribution is 2.20. The molecule has 0 radical (unpaired) electrons. The van der Waals surface area contributed by atoms with E-state index in [-0.39, 0.29) is 5.82 Å². The Morgan fingerprint density at radius 1 is 1.46 bits per heavy atom. The fourth-order valence-corrected chi connectivity index (χ4v) is 1.47. The summed E-state index contributed by atoms with van der Waals surface area (Å²) in [7, 11) is 1.68. The third kappa shape index (κ3) is 0.994. The van der Waals surface area contributed by atoms with Gasteiger partial charge in [-0.15, -0.1) is 0 Å². The number of aryl methyl sites for hydroxylation is 1. The number of fused-ring (bicyclic) bond motifs is 1. The van der Waals surface area contributed by atoms with E-state index in [2.05, 4.69) is 0 Å². The Hall–Kier alpha value is -1.82. The maximum absolute atomic E-state index is 13.3. The molecule has 1 heterocycles. The topological polar surface area (TPSA) is 28.7 Å². The van der Waals surface area contributed by atoms with Crippen LogP contribution < -0.4 is 0 Å². The Bertz CT molecular complexity index is 505. The Morgan fingerprint density at radius 3 is 2.85 bits per heavy atom. The summed E-state index contributed by atoms with van der Waals surface area (Å²) in [5.74, 6) is -0.290. The van der Waals surface area contributed by atoms with Crippen LogP contribution in [0.15, 0.2) is 24.3 Å². The number of nitrogens with zero attached hydrogens (tertiary/aromatic N) is 2. The van der Waals surface area contributed by atoms with Gasteiger partial charge in [-0.2, -0.15) is 5.26 Å². The van der Waals surface area contributed by atoms with Gasteiger partial charge in [0, 0.05) is 12.4 Å². The fraction of sp³-hybridized carbons (Fsp3) is 0.100. The number of halogens is 1. The number of hydrogen-bond donors (Lipinski definition) is 0. The summed E-state index contributed by atoms with van der Waals surface area (Å²) in [5, 5.41) is 9.48. The summed E-state index contributed by atoms with van der Waals surface area (Å²) in [4.78, 5) is 0. The molecule has 0 amide bonds. The first-order chi connectivity index (χ1) is 6.24. The fourth-order valence-electron chi connectivity index (χ4n) is 1.47. The molecule has 1 aromatic carbocycles. The standard InChI is InChI=1S/C10H7FN2/c1-13-8(6-12)5-7-3-2-4-9(11)10(7)13/h2-5H,1H3. The monoisotopic (exact) mass is 174 g/mol. The van der Waals surface area contributed by atoms with Crippen LogP contribution in [0.2, 0.25) is 0 Å². The van der Waals surface area contributed by atoms with E-state index in [0.717, 1.165) is 5.39 Å². The molecule has 1 aromatic heterocycles. The van der Waals surface area contributed by atoms with Gasteiger partial charge < -0.3 is 4.57 Å². The predicted octanol–water partition coefficient (Wildman–Crippen LogP) is 2.19. The molecule has 0 spiro atoms. The van der Waals surface area contributed by atoms with E-state index in [9.17, 15) is 4.39 Å². The minimum atomic E-state index is -0.290. The van der Waals surface area contributed by atoms with Crippen LogP contribution in [-0.4, -0.2) is 4.57 Å². The molecule has 2 nitrogen and oxygen atoms in total. The molecule has 0 saturated carbocycles. The number of para-hydroxylation sites is 1. The van der Waals surface area contributed by atoms with Gasteiger partial charge in [0.2, 0.25) is 0 Å². The van der Waals surface area contributed by atoms with Crippen molar-refractivity contribution in [2.75, 3.05) is 0 Å². The Morgan fingerprint density at radius 2 is 2.23 bits per heavy atom. The first kappa shape index (κ1) is 7.81. The quantitative estimate of drug-likeness (QED) is 0.601. The van der Waals surface area contributed by atoms with Crippen molar-refractivity contribution >= 4 is 10.9 Å². The summed E-state index contributed by atoms with van der Waals surface area (Å²) in [6, 6.07) is 8.51. The molecule has 2 aromatic rings. The normalized spacial score (nSPS) is 10.2. The van der Waals surface area contributed by atoms with E-state index < -0.39 is 0 Å². The van der Waals surface area contributed by atoms with Crippen LogP contribution >= 0.6 is 0 Å². The van der Waals surface area contributed by atoms with Crippen molar-refractivity contribution in [3.05, 3.63) is 35.8 Å². The third-order valence-electron chi connectivity index (χ3n) is 2.12. The number of nitriles is 1. The largest absolute Gasteiger partial charge is 0.333 e. The van der Waals surface area contributed by atoms with Crippen LogP contribution in [0.3, 0.4) is 0 Å². The maximum atomic E-state index is 13.3. The van der Waals surface area contributed by atoms with Crippen LogP contribution in [0.5, 0.6) is 0 Å². The van der Waals surface area contributed by atoms with Crippen molar-refractivity contribution in [2.45, 2.75) is 0 Å². The molecule has 2 rings (SSSR count). The van der Waals surface area contributed by atoms with E-state index in [1.54, 1.807) is 29.8 Å². The van der Waals surface area contributed by atoms with Crippen molar-refractivity contribution in [3.63, 3.8) is 0 Å². The van der Waals surface area contributed by atoms with Gasteiger partial charge in [0.15, 0.2) is 0 Å². The van der Waals surface area contributed by atoms with Crippen molar-refractivity contribution in [1.29, 1.82) is 5.26 Å². The first-order valence-electron chi connectivity index (χ1n) is 3.88. The van der Waals surface area contributed by atoms with Crippen LogP contribution in [0.25, 0.3) is 10.9 Å². The zero-order valence-electron chi connectivity index (χ0n) is 7.08. The predicted molar refractivity (Wildman–Crippen MR) is 47.6 cm³/mol. The van der Waals surface area contributed by atoms with Gasteiger partial charge >= 0.3 is 0 Å². The number of benzene rings is 1. The molecule has 13 heavy (non-hydrogen) atoms. The van der Waals surface area contributed by atoms with Crippen LogP contribution in [-0.2, 0) is 7.05 Å². The van der Waals surface area contributed by atoms with Gasteiger partial charge in [0.05, 0.1) is 5.52 Å². The molecular formula is C10H7FN2. The zero-order valence-corrected chi connectivity index (χ0v) is 7.08. The minimum absolute atomic E-state index is 0.290. The lowest BCUT2D eigenvalue weighted by molar-refractivity contribution is 0.631. The second-order valence-corrected chi connectivity index (χ2v) is 2.88. The molecule has 0 N–H and O–H groups in total. The smallest absolute Gasteiger partial charge is 0.147 e. The molecule has 0 saturated heterocycles. The van der Waals surface area contributed by atoms with Crippen LogP contribution in [0.1, 0.15) is 5.69 Å². The summed E-state index contributed by atoms with van der Waals surface area (Å²) in [6.45, 7) is 0. The van der Waals surface area contributed by atoms with Crippen molar-refractivity contribution in [2.24, 2.45) is 7.05 Å². The van der Waals surface area contributed by atoms with E-state index in [1.165, 1.54) is 6.07 Å². The highest BCUT2D eigenvalue weighted by molar-refractivity contribution is 5.82. The van der Waals surface area contributed by atoms with E-state index >= 15 is 0 Å². The Labute approximate surface area is 74.8 Å². The molecule has 0 unspecified atom stereocenters. The number of aromatic nitrogens is 1. The van der Waals surface area contributed by atoms with E-state index in [0.29, 0.717) is 11.2 Å². The molecule has 0 fully saturated rings. The minimum Gasteiger partial charge on any atom is -0.333 e. The van der Waals surface area contributed by atoms with Gasteiger partial charge in [0.25, 0.3) is 0 Å². The van der Waals surface area contributed by atoms with Gasteiger partial charge in [-0.25, -0.2) is 4.39 Å². The SMILES string of the molecule is Cn1c(C#N)cc2cccc(F)c21. The maximum Gasteiger partial charge on any atom is 0.147 e. The second kappa shape index (κ2) is 2.60. The molecule has 0 aliphatic rings. The summed E-state index contributed by atoms with van der Waals surface area (Å²) < 4.78 is 14.8. The zero-order chi connectivity index (χ0) is 9.42. The van der Waals surface area contributed by atoms with Gasteiger partial charge in [-0.3, -0.25) is 0 Å². The average Bonchev–Trinajstić information content (AvgIpc) is 2.44. The number of hydrogen-bond acceptors (Lipinski definition) is 1. The lowest BCUT2D eigenvalue weighted by atomic mass is 10.2. The first-order valence-corrected chi connectivity index (χ1v) is 3.88. The van der Waals surface area contributed by atoms with Crippen LogP contribution in [0, 0.1) is 17.1 Å². The average molecular weight is 174 g/mol. The molecule has 0 aliphatic heterocycles. The highest BCUT2D eigenvalue weighted by Gasteiger charge is 2.07. The van der Waals surface area contributed by atoms with Gasteiger partial charge in [0.1, 0.15) is 17.6 Å². The molecule has 0 bridgehead atoms. The number of rotatable bonds is 0. The van der Waals surface area contributed by atoms with Gasteiger partial charge in [-0.05, 0) is 12.1 Å². The molecule has 0 aliphatic carbocycles. The molecular weight excluding hydrogens is 167 g/mol. The summed E-state index contributed by atoms with van der Waals surface area (Å²) in [5.41, 5.74) is 0.958. The van der Waals surface area contributed by atoms with E-state index in [4.69, 9.17) is 5.26 Å². The van der Waals surface area contributed by atoms with Crippen LogP contribution in [0.4, 0.5) is 4.39 Å².